The van der Waals surface area contributed by atoms with Gasteiger partial charge in [-0.3, -0.25) is 0 Å². The Labute approximate surface area is 82.9 Å². The van der Waals surface area contributed by atoms with Crippen molar-refractivity contribution in [3.63, 3.8) is 0 Å². The number of allylic oxidation sites excluding steroid dienone is 1. The van der Waals surface area contributed by atoms with Gasteiger partial charge in [-0.1, -0.05) is 32.3 Å². The molecular formula is C12H24O. The Morgan fingerprint density at radius 3 is 2.46 bits per heavy atom. The molecule has 0 saturated heterocycles. The lowest BCUT2D eigenvalue weighted by Gasteiger charge is -2.12. The van der Waals surface area contributed by atoms with Crippen molar-refractivity contribution in [3.05, 3.63) is 12.7 Å². The van der Waals surface area contributed by atoms with E-state index in [2.05, 4.69) is 13.5 Å². The van der Waals surface area contributed by atoms with Gasteiger partial charge in [-0.25, -0.2) is 0 Å². The second-order valence-electron chi connectivity index (χ2n) is 4.12. The van der Waals surface area contributed by atoms with Crippen LogP contribution in [0.1, 0.15) is 52.4 Å². The molecule has 0 aromatic heterocycles. The van der Waals surface area contributed by atoms with Crippen LogP contribution in [-0.2, 0) is 0 Å². The monoisotopic (exact) mass is 184 g/mol. The predicted molar refractivity (Wildman–Crippen MR) is 58.7 cm³/mol. The highest BCUT2D eigenvalue weighted by Crippen LogP contribution is 2.15. The highest BCUT2D eigenvalue weighted by Gasteiger charge is 2.04. The summed E-state index contributed by atoms with van der Waals surface area (Å²) in [6.45, 7) is 7.79. The van der Waals surface area contributed by atoms with Gasteiger partial charge >= 0.3 is 0 Å². The number of rotatable bonds is 8. The average Bonchev–Trinajstić information content (AvgIpc) is 2.02. The van der Waals surface area contributed by atoms with E-state index < -0.39 is 0 Å². The lowest BCUT2D eigenvalue weighted by Crippen LogP contribution is -2.06. The Balaban J connectivity index is 3.16. The van der Waals surface area contributed by atoms with Crippen molar-refractivity contribution in [1.82, 2.24) is 0 Å². The quantitative estimate of drug-likeness (QED) is 0.452. The minimum absolute atomic E-state index is 0.136. The van der Waals surface area contributed by atoms with Crippen LogP contribution in [0.25, 0.3) is 0 Å². The van der Waals surface area contributed by atoms with E-state index in [1.54, 1.807) is 0 Å². The molecule has 0 aromatic rings. The van der Waals surface area contributed by atoms with Crippen LogP contribution in [0.2, 0.25) is 0 Å². The van der Waals surface area contributed by atoms with E-state index >= 15 is 0 Å². The Morgan fingerprint density at radius 2 is 1.92 bits per heavy atom. The van der Waals surface area contributed by atoms with E-state index in [9.17, 15) is 0 Å². The van der Waals surface area contributed by atoms with Crippen molar-refractivity contribution >= 4 is 0 Å². The van der Waals surface area contributed by atoms with Crippen LogP contribution in [0, 0.1) is 5.92 Å². The second-order valence-corrected chi connectivity index (χ2v) is 4.12. The molecule has 0 saturated carbocycles. The van der Waals surface area contributed by atoms with Crippen molar-refractivity contribution in [2.24, 2.45) is 5.92 Å². The van der Waals surface area contributed by atoms with E-state index in [4.69, 9.17) is 5.11 Å². The minimum atomic E-state index is -0.136. The summed E-state index contributed by atoms with van der Waals surface area (Å²) in [5.41, 5.74) is 0. The van der Waals surface area contributed by atoms with Crippen molar-refractivity contribution in [2.45, 2.75) is 58.5 Å². The number of unbranched alkanes of at least 4 members (excludes halogenated alkanes) is 3. The maximum atomic E-state index is 9.15. The van der Waals surface area contributed by atoms with Gasteiger partial charge in [0.25, 0.3) is 0 Å². The van der Waals surface area contributed by atoms with Crippen molar-refractivity contribution < 1.29 is 5.11 Å². The van der Waals surface area contributed by atoms with Crippen LogP contribution in [0.4, 0.5) is 0 Å². The molecule has 0 heterocycles. The minimum Gasteiger partial charge on any atom is -0.393 e. The Bertz CT molecular complexity index is 118. The standard InChI is InChI=1S/C12H24O/c1-4-5-6-7-8-9-11(2)10-12(3)13/h4,11-13H,1,5-10H2,2-3H3. The largest absolute Gasteiger partial charge is 0.393 e. The van der Waals surface area contributed by atoms with Gasteiger partial charge in [0.1, 0.15) is 0 Å². The number of hydrogen-bond donors (Lipinski definition) is 1. The second kappa shape index (κ2) is 8.31. The van der Waals surface area contributed by atoms with Gasteiger partial charge in [0.15, 0.2) is 0 Å². The molecule has 0 fully saturated rings. The highest BCUT2D eigenvalue weighted by molar-refractivity contribution is 4.66. The van der Waals surface area contributed by atoms with Crippen molar-refractivity contribution in [3.8, 4) is 0 Å². The molecule has 0 bridgehead atoms. The molecular weight excluding hydrogens is 160 g/mol. The normalized spacial score (nSPS) is 15.3. The van der Waals surface area contributed by atoms with Crippen LogP contribution < -0.4 is 0 Å². The van der Waals surface area contributed by atoms with Gasteiger partial charge in [0.05, 0.1) is 6.10 Å². The molecule has 0 radical (unpaired) electrons. The van der Waals surface area contributed by atoms with Gasteiger partial charge in [-0.15, -0.1) is 6.58 Å². The molecule has 2 atom stereocenters. The first-order chi connectivity index (χ1) is 6.16. The zero-order chi connectivity index (χ0) is 10.1. The maximum absolute atomic E-state index is 9.15. The summed E-state index contributed by atoms with van der Waals surface area (Å²) in [5, 5.41) is 9.15. The Kier molecular flexibility index (Phi) is 8.11. The first-order valence-electron chi connectivity index (χ1n) is 5.45. The molecule has 1 heteroatoms. The fraction of sp³-hybridized carbons (Fsp3) is 0.833. The van der Waals surface area contributed by atoms with Gasteiger partial charge in [-0.2, -0.15) is 0 Å². The summed E-state index contributed by atoms with van der Waals surface area (Å²) in [7, 11) is 0. The lowest BCUT2D eigenvalue weighted by molar-refractivity contribution is 0.161. The third-order valence-corrected chi connectivity index (χ3v) is 2.35. The van der Waals surface area contributed by atoms with Gasteiger partial charge in [-0.05, 0) is 32.1 Å². The summed E-state index contributed by atoms with van der Waals surface area (Å²) in [5.74, 6) is 0.670. The third-order valence-electron chi connectivity index (χ3n) is 2.35. The lowest BCUT2D eigenvalue weighted by atomic mass is 9.97. The molecule has 13 heavy (non-hydrogen) atoms. The summed E-state index contributed by atoms with van der Waals surface area (Å²) in [4.78, 5) is 0. The number of aliphatic hydroxyl groups is 1. The Morgan fingerprint density at radius 1 is 1.23 bits per heavy atom. The van der Waals surface area contributed by atoms with Gasteiger partial charge < -0.3 is 5.11 Å². The highest BCUT2D eigenvalue weighted by atomic mass is 16.3. The predicted octanol–water partition coefficient (Wildman–Crippen LogP) is 3.53. The van der Waals surface area contributed by atoms with Crippen molar-refractivity contribution in [1.29, 1.82) is 0 Å². The summed E-state index contributed by atoms with van der Waals surface area (Å²) in [6.07, 6.45) is 9.05. The molecule has 0 aliphatic heterocycles. The summed E-state index contributed by atoms with van der Waals surface area (Å²) in [6, 6.07) is 0. The molecule has 0 amide bonds. The molecule has 0 aliphatic rings. The SMILES string of the molecule is C=CCCCCCC(C)CC(C)O. The zero-order valence-corrected chi connectivity index (χ0v) is 9.13. The summed E-state index contributed by atoms with van der Waals surface area (Å²) >= 11 is 0. The molecule has 78 valence electrons. The van der Waals surface area contributed by atoms with E-state index in [0.717, 1.165) is 12.8 Å². The van der Waals surface area contributed by atoms with Crippen LogP contribution in [0.3, 0.4) is 0 Å². The van der Waals surface area contributed by atoms with E-state index in [-0.39, 0.29) is 6.10 Å². The van der Waals surface area contributed by atoms with E-state index in [1.807, 2.05) is 13.0 Å². The average molecular weight is 184 g/mol. The molecule has 0 rings (SSSR count). The number of hydrogen-bond acceptors (Lipinski definition) is 1. The zero-order valence-electron chi connectivity index (χ0n) is 9.13. The van der Waals surface area contributed by atoms with E-state index in [0.29, 0.717) is 5.92 Å². The topological polar surface area (TPSA) is 20.2 Å². The Hall–Kier alpha value is -0.300. The van der Waals surface area contributed by atoms with Gasteiger partial charge in [0.2, 0.25) is 0 Å². The maximum Gasteiger partial charge on any atom is 0.0514 e. The molecule has 1 nitrogen and oxygen atoms in total. The number of aliphatic hydroxyl groups excluding tert-OH is 1. The van der Waals surface area contributed by atoms with E-state index in [1.165, 1.54) is 25.7 Å². The van der Waals surface area contributed by atoms with Crippen LogP contribution in [0.15, 0.2) is 12.7 Å². The van der Waals surface area contributed by atoms with Crippen molar-refractivity contribution in [2.75, 3.05) is 0 Å². The smallest absolute Gasteiger partial charge is 0.0514 e. The fourth-order valence-electron chi connectivity index (χ4n) is 1.66. The first kappa shape index (κ1) is 12.7. The van der Waals surface area contributed by atoms with Crippen LogP contribution in [-0.4, -0.2) is 11.2 Å². The molecule has 0 aliphatic carbocycles. The molecule has 0 aromatic carbocycles. The summed E-state index contributed by atoms with van der Waals surface area (Å²) < 4.78 is 0. The molecule has 2 unspecified atom stereocenters. The molecule has 1 N–H and O–H groups in total. The third kappa shape index (κ3) is 9.62. The first-order valence-corrected chi connectivity index (χ1v) is 5.45. The molecule has 0 spiro atoms. The van der Waals surface area contributed by atoms with Crippen LogP contribution in [0.5, 0.6) is 0 Å². The van der Waals surface area contributed by atoms with Crippen LogP contribution >= 0.6 is 0 Å². The van der Waals surface area contributed by atoms with Gasteiger partial charge in [0, 0.05) is 0 Å². The fourth-order valence-corrected chi connectivity index (χ4v) is 1.66.